The number of hydrogen-bond acceptors (Lipinski definition) is 12. The van der Waals surface area contributed by atoms with E-state index in [9.17, 15) is 30.0 Å². The maximum Gasteiger partial charge on any atom is 2.00 e. The topological polar surface area (TPSA) is 182 Å². The zero-order chi connectivity index (χ0) is 46.5. The molecule has 6 aromatic rings. The molecule has 2 fully saturated rings. The van der Waals surface area contributed by atoms with Crippen LogP contribution in [0.5, 0.6) is 0 Å². The van der Waals surface area contributed by atoms with Crippen molar-refractivity contribution in [3.8, 4) is 0 Å². The fraction of sp³-hybridized carbons (Fsp3) is 0.236. The van der Waals surface area contributed by atoms with Crippen molar-refractivity contribution in [3.05, 3.63) is 203 Å². The van der Waals surface area contributed by atoms with E-state index < -0.39 is 42.5 Å². The van der Waals surface area contributed by atoms with Gasteiger partial charge in [0.1, 0.15) is 0 Å². The second-order valence-corrected chi connectivity index (χ2v) is 16.8. The summed E-state index contributed by atoms with van der Waals surface area (Å²) in [6.07, 6.45) is 2.31. The Morgan fingerprint density at radius 2 is 0.812 bits per heavy atom. The second kappa shape index (κ2) is 25.2. The van der Waals surface area contributed by atoms with Crippen LogP contribution in [0.3, 0.4) is 0 Å². The predicted molar refractivity (Wildman–Crippen MR) is 253 cm³/mol. The van der Waals surface area contributed by atoms with Crippen molar-refractivity contribution in [3.63, 3.8) is 0 Å². The van der Waals surface area contributed by atoms with Crippen LogP contribution < -0.4 is 20.4 Å². The number of aliphatic imine (C=N–C) groups is 4. The summed E-state index contributed by atoms with van der Waals surface area (Å²) in [5.41, 5.74) is 4.88. The summed E-state index contributed by atoms with van der Waals surface area (Å²) in [6, 6.07) is 46.9. The monoisotopic (exact) mass is 1010 g/mol. The summed E-state index contributed by atoms with van der Waals surface area (Å²) >= 11 is 0. The van der Waals surface area contributed by atoms with Gasteiger partial charge in [-0.05, 0) is 73.8 Å². The molecule has 0 N–H and O–H groups in total. The Balaban J connectivity index is 0.00000391. The van der Waals surface area contributed by atoms with Gasteiger partial charge in [0, 0.05) is 53.8 Å². The molecular weight excluding hydrogens is 958 g/mol. The molecule has 8 rings (SSSR count). The number of benzene rings is 6. The normalized spacial score (nSPS) is 17.9. The maximum atomic E-state index is 14.0. The van der Waals surface area contributed by atoms with E-state index >= 15 is 0 Å². The summed E-state index contributed by atoms with van der Waals surface area (Å²) in [7, 11) is 0. The minimum absolute atomic E-state index is 0. The first-order valence-corrected chi connectivity index (χ1v) is 22.7. The van der Waals surface area contributed by atoms with Gasteiger partial charge in [-0.15, -0.1) is 0 Å². The molecular formula is C55H50N6Ni2O6. The van der Waals surface area contributed by atoms with Crippen molar-refractivity contribution in [2.45, 2.75) is 69.4 Å². The molecule has 2 heterocycles. The van der Waals surface area contributed by atoms with Gasteiger partial charge >= 0.3 is 33.0 Å². The van der Waals surface area contributed by atoms with Gasteiger partial charge in [-0.1, -0.05) is 158 Å². The van der Waals surface area contributed by atoms with Gasteiger partial charge in [0.2, 0.25) is 0 Å². The van der Waals surface area contributed by atoms with E-state index in [4.69, 9.17) is 9.98 Å². The van der Waals surface area contributed by atoms with Crippen LogP contribution in [-0.2, 0) is 55.7 Å². The van der Waals surface area contributed by atoms with Crippen molar-refractivity contribution in [1.29, 1.82) is 0 Å². The average Bonchev–Trinajstić information content (AvgIpc) is 4.03. The molecule has 2 saturated heterocycles. The Bertz CT molecular complexity index is 2570. The third-order valence-electron chi connectivity index (χ3n) is 12.2. The summed E-state index contributed by atoms with van der Waals surface area (Å²) in [6.45, 7) is 2.68. The van der Waals surface area contributed by atoms with Gasteiger partial charge in [-0.3, -0.25) is 29.8 Å². The summed E-state index contributed by atoms with van der Waals surface area (Å²) < 4.78 is 0. The van der Waals surface area contributed by atoms with E-state index in [2.05, 4.69) is 19.8 Å². The predicted octanol–water partition coefficient (Wildman–Crippen LogP) is 4.79. The molecule has 0 amide bonds. The fourth-order valence-corrected chi connectivity index (χ4v) is 8.87. The summed E-state index contributed by atoms with van der Waals surface area (Å²) in [4.78, 5) is 49.1. The summed E-state index contributed by atoms with van der Waals surface area (Å²) in [5, 5.41) is 54.2. The van der Waals surface area contributed by atoms with E-state index in [-0.39, 0.29) is 67.6 Å². The molecule has 14 heteroatoms. The molecule has 0 aliphatic carbocycles. The minimum atomic E-state index is -1.75. The van der Waals surface area contributed by atoms with Crippen molar-refractivity contribution in [2.24, 2.45) is 20.0 Å². The Kier molecular flexibility index (Phi) is 18.9. The van der Waals surface area contributed by atoms with Crippen LogP contribution in [0.4, 0.5) is 11.4 Å². The SMILES string of the molecule is O=C([O-])[C@@H](C[C@@H](N=C(c1ccccc1)c1ccccc1N=C([O-])[C@H]1CCCN1Cc1ccccc1)C(=O)[O-])N=C(c1ccccc1)c1ccccc1N=C([O-])[C@H]1CCCN1Cc1ccccc1.[Ni+2].[Ni+2]. The van der Waals surface area contributed by atoms with Crippen molar-refractivity contribution in [2.75, 3.05) is 13.1 Å². The number of hydrogen-bond donors (Lipinski definition) is 0. The van der Waals surface area contributed by atoms with Gasteiger partial charge in [-0.2, -0.15) is 0 Å². The Morgan fingerprint density at radius 1 is 0.478 bits per heavy atom. The molecule has 6 aromatic carbocycles. The van der Waals surface area contributed by atoms with Crippen molar-refractivity contribution >= 4 is 46.5 Å². The number of carbonyl (C=O) groups is 2. The third-order valence-corrected chi connectivity index (χ3v) is 12.2. The minimum Gasteiger partial charge on any atom is -0.861 e. The molecule has 0 unspecified atom stereocenters. The molecule has 356 valence electrons. The van der Waals surface area contributed by atoms with Crippen LogP contribution in [0.1, 0.15) is 65.5 Å². The smallest absolute Gasteiger partial charge is 0.861 e. The van der Waals surface area contributed by atoms with Crippen LogP contribution in [0.25, 0.3) is 0 Å². The molecule has 2 aliphatic heterocycles. The zero-order valence-electron chi connectivity index (χ0n) is 37.6. The van der Waals surface area contributed by atoms with Crippen LogP contribution >= 0.6 is 0 Å². The number of nitrogens with zero attached hydrogens (tertiary/aromatic N) is 6. The molecule has 0 aromatic heterocycles. The zero-order valence-corrected chi connectivity index (χ0v) is 39.6. The van der Waals surface area contributed by atoms with Crippen LogP contribution in [0.2, 0.25) is 0 Å². The molecule has 0 spiro atoms. The van der Waals surface area contributed by atoms with Crippen molar-refractivity contribution < 1.29 is 63.0 Å². The molecule has 12 nitrogen and oxygen atoms in total. The molecule has 0 saturated carbocycles. The van der Waals surface area contributed by atoms with Crippen LogP contribution in [0.15, 0.2) is 190 Å². The van der Waals surface area contributed by atoms with Crippen LogP contribution in [0, 0.1) is 0 Å². The number of rotatable bonds is 18. The average molecular weight is 1010 g/mol. The van der Waals surface area contributed by atoms with Crippen LogP contribution in [-0.4, -0.2) is 82.2 Å². The standard InChI is InChI=1S/C55H54N6O6.2Ni/c62-52(48-31-17-33-60(48)36-38-19-5-1-6-20-38)58-44-29-15-13-27-42(44)50(40-23-9-3-10-24-40)56-46(54(64)65)35-47(55(66)67)57-51(41-25-11-4-12-26-41)43-28-14-16-30-45(43)59-53(63)49-32-18-34-61(49)37-39-21-7-2-8-22-39;;/h1-16,19-30,46-49H,17-18,31-37H2,(H,58,62)(H,59,63)(H,64,65)(H,66,67);;/q;2*+2/p-4/t46-,47-,48-,49-;;/m1../s1. The first-order valence-electron chi connectivity index (χ1n) is 22.7. The molecule has 4 atom stereocenters. The second-order valence-electron chi connectivity index (χ2n) is 16.8. The molecule has 0 bridgehead atoms. The van der Waals surface area contributed by atoms with Gasteiger partial charge in [0.15, 0.2) is 0 Å². The first kappa shape index (κ1) is 51.8. The van der Waals surface area contributed by atoms with Crippen molar-refractivity contribution in [1.82, 2.24) is 9.80 Å². The molecule has 0 radical (unpaired) electrons. The van der Waals surface area contributed by atoms with Gasteiger partial charge in [0.05, 0.1) is 46.8 Å². The Morgan fingerprint density at radius 3 is 1.17 bits per heavy atom. The Hall–Kier alpha value is -6.55. The number of para-hydroxylation sites is 2. The number of carboxylic acids is 2. The third kappa shape index (κ3) is 13.4. The van der Waals surface area contributed by atoms with Gasteiger partial charge in [-0.25, -0.2) is 0 Å². The largest absolute Gasteiger partial charge is 2.00 e. The maximum absolute atomic E-state index is 14.0. The first-order chi connectivity index (χ1) is 32.7. The number of carboxylic acid groups (broad SMARTS) is 2. The van der Waals surface area contributed by atoms with Gasteiger partial charge < -0.3 is 30.0 Å². The molecule has 69 heavy (non-hydrogen) atoms. The van der Waals surface area contributed by atoms with E-state index in [0.29, 0.717) is 48.2 Å². The Labute approximate surface area is 422 Å². The van der Waals surface area contributed by atoms with E-state index in [1.165, 1.54) is 0 Å². The van der Waals surface area contributed by atoms with E-state index in [1.54, 1.807) is 109 Å². The summed E-state index contributed by atoms with van der Waals surface area (Å²) in [5.74, 6) is -3.93. The quantitative estimate of drug-likeness (QED) is 0.0669. The fourth-order valence-electron chi connectivity index (χ4n) is 8.87. The molecule has 2 aliphatic rings. The number of likely N-dealkylation sites (tertiary alicyclic amines) is 2. The number of carbonyl (C=O) groups excluding carboxylic acids is 2. The van der Waals surface area contributed by atoms with Gasteiger partial charge in [0.25, 0.3) is 0 Å². The van der Waals surface area contributed by atoms with E-state index in [0.717, 1.165) is 37.1 Å². The van der Waals surface area contributed by atoms with E-state index in [1.807, 2.05) is 60.7 Å². The number of aliphatic carboxylic acids is 2.